The molecule has 53 heavy (non-hydrogen) atoms. The van der Waals surface area contributed by atoms with Crippen molar-refractivity contribution in [2.45, 2.75) is 32.3 Å². The second kappa shape index (κ2) is 17.3. The summed E-state index contributed by atoms with van der Waals surface area (Å²) in [6.45, 7) is 5.44. The lowest BCUT2D eigenvalue weighted by Crippen LogP contribution is -2.35. The number of carbonyl (C=O) groups excluding carboxylic acids is 1. The van der Waals surface area contributed by atoms with Crippen LogP contribution in [0.25, 0.3) is 0 Å². The molecule has 1 unspecified atom stereocenters. The van der Waals surface area contributed by atoms with Crippen LogP contribution in [0.3, 0.4) is 0 Å². The molecule has 2 aliphatic heterocycles. The highest BCUT2D eigenvalue weighted by Gasteiger charge is 2.38. The van der Waals surface area contributed by atoms with E-state index in [9.17, 15) is 10.1 Å². The van der Waals surface area contributed by atoms with Crippen LogP contribution in [0, 0.1) is 23.2 Å². The maximum atomic E-state index is 13.8. The number of hydrogen-bond donors (Lipinski definition) is 0. The van der Waals surface area contributed by atoms with E-state index in [-0.39, 0.29) is 31.8 Å². The lowest BCUT2D eigenvalue weighted by Gasteiger charge is -2.26. The van der Waals surface area contributed by atoms with Gasteiger partial charge in [-0.2, -0.15) is 10.2 Å². The van der Waals surface area contributed by atoms with Gasteiger partial charge in [-0.25, -0.2) is 9.78 Å². The van der Waals surface area contributed by atoms with E-state index >= 15 is 0 Å². The maximum Gasteiger partial charge on any atom is 0.321 e. The zero-order chi connectivity index (χ0) is 36.2. The van der Waals surface area contributed by atoms with Gasteiger partial charge in [0.15, 0.2) is 0 Å². The van der Waals surface area contributed by atoms with E-state index in [1.807, 2.05) is 84.9 Å². The third kappa shape index (κ3) is 9.19. The third-order valence-electron chi connectivity index (χ3n) is 9.27. The largest absolute Gasteiger partial charge is 0.482 e. The minimum atomic E-state index is -0.326. The zero-order valence-corrected chi connectivity index (χ0v) is 29.4. The van der Waals surface area contributed by atoms with Gasteiger partial charge in [-0.3, -0.25) is 4.90 Å². The number of nitriles is 1. The summed E-state index contributed by atoms with van der Waals surface area (Å²) in [5.74, 6) is 7.21. The van der Waals surface area contributed by atoms with Gasteiger partial charge in [-0.15, -0.1) is 0 Å². The number of rotatable bonds is 12. The van der Waals surface area contributed by atoms with Gasteiger partial charge in [0.2, 0.25) is 5.75 Å². The smallest absolute Gasteiger partial charge is 0.321 e. The first-order valence-corrected chi connectivity index (χ1v) is 17.7. The fraction of sp³-hybridized carbons (Fsp3) is 0.256. The Kier molecular flexibility index (Phi) is 11.5. The van der Waals surface area contributed by atoms with Crippen LogP contribution >= 0.6 is 0 Å². The highest BCUT2D eigenvalue weighted by molar-refractivity contribution is 5.78. The molecule has 7 rings (SSSR count). The summed E-state index contributed by atoms with van der Waals surface area (Å²) in [7, 11) is 0. The number of amides is 2. The molecule has 266 valence electrons. The fourth-order valence-electron chi connectivity index (χ4n) is 6.40. The molecule has 5 aromatic rings. The van der Waals surface area contributed by atoms with Crippen molar-refractivity contribution in [1.82, 2.24) is 24.7 Å². The van der Waals surface area contributed by atoms with Crippen LogP contribution in [0.1, 0.15) is 45.1 Å². The molecule has 0 spiro atoms. The number of aromatic nitrogens is 2. The van der Waals surface area contributed by atoms with Gasteiger partial charge in [0, 0.05) is 37.3 Å². The van der Waals surface area contributed by atoms with E-state index in [1.165, 1.54) is 11.9 Å². The van der Waals surface area contributed by atoms with Gasteiger partial charge in [0.1, 0.15) is 31.8 Å². The number of nitrogens with zero attached hydrogens (tertiary/aromatic N) is 6. The van der Waals surface area contributed by atoms with Gasteiger partial charge in [0.25, 0.3) is 5.88 Å². The van der Waals surface area contributed by atoms with Gasteiger partial charge in [-0.05, 0) is 46.5 Å². The molecular weight excluding hydrogens is 665 g/mol. The van der Waals surface area contributed by atoms with E-state index < -0.39 is 0 Å². The van der Waals surface area contributed by atoms with E-state index in [2.05, 4.69) is 57.0 Å². The Bertz CT molecular complexity index is 2070. The summed E-state index contributed by atoms with van der Waals surface area (Å²) < 4.78 is 17.9. The molecule has 0 bridgehead atoms. The Balaban J connectivity index is 1.05. The van der Waals surface area contributed by atoms with E-state index in [0.29, 0.717) is 30.5 Å². The van der Waals surface area contributed by atoms with Crippen molar-refractivity contribution in [2.75, 3.05) is 39.4 Å². The average molecular weight is 705 g/mol. The molecule has 2 aliphatic rings. The van der Waals surface area contributed by atoms with Crippen LogP contribution in [-0.4, -0.2) is 70.1 Å². The Morgan fingerprint density at radius 3 is 2.00 bits per heavy atom. The Morgan fingerprint density at radius 2 is 1.36 bits per heavy atom. The molecule has 0 saturated carbocycles. The van der Waals surface area contributed by atoms with Crippen molar-refractivity contribution in [2.24, 2.45) is 0 Å². The molecule has 0 N–H and O–H groups in total. The molecule has 1 aromatic heterocycles. The summed E-state index contributed by atoms with van der Waals surface area (Å²) in [6.07, 6.45) is 1.43. The zero-order valence-electron chi connectivity index (χ0n) is 29.4. The molecule has 1 atom stereocenters. The molecule has 2 fully saturated rings. The summed E-state index contributed by atoms with van der Waals surface area (Å²) >= 11 is 0. The number of morpholine rings is 1. The van der Waals surface area contributed by atoms with Crippen LogP contribution in [0.15, 0.2) is 116 Å². The van der Waals surface area contributed by atoms with Gasteiger partial charge >= 0.3 is 6.03 Å². The molecule has 0 aliphatic carbocycles. The maximum absolute atomic E-state index is 13.8. The van der Waals surface area contributed by atoms with Crippen molar-refractivity contribution < 1.29 is 19.0 Å². The number of benzene rings is 4. The quantitative estimate of drug-likeness (QED) is 0.109. The second-order valence-electron chi connectivity index (χ2n) is 12.9. The Labute approximate surface area is 310 Å². The fourth-order valence-corrected chi connectivity index (χ4v) is 6.40. The van der Waals surface area contributed by atoms with Crippen molar-refractivity contribution in [3.05, 3.63) is 155 Å². The lowest BCUT2D eigenvalue weighted by atomic mass is 10.0. The molecule has 0 radical (unpaired) electrons. The number of hydrogen-bond acceptors (Lipinski definition) is 8. The van der Waals surface area contributed by atoms with Crippen LogP contribution in [-0.2, 0) is 31.0 Å². The van der Waals surface area contributed by atoms with Crippen molar-refractivity contribution in [3.8, 4) is 29.5 Å². The monoisotopic (exact) mass is 704 g/mol. The normalized spacial score (nSPS) is 15.8. The first-order valence-electron chi connectivity index (χ1n) is 17.7. The Morgan fingerprint density at radius 1 is 0.736 bits per heavy atom. The molecule has 2 amide bonds. The standard InChI is InChI=1S/C43H40N6O4/c44-21-22-49-40(38-19-17-34(18-20-38)12-11-33-13-15-35(16-14-33)27-47-23-25-51-26-24-47)29-48(43(49)50)28-39-41(52-30-36-7-3-1-4-8-36)42(46-32-45-39)53-31-37-9-5-2-6-10-37/h1-10,13-20,32,40H,22-31H2. The molecule has 3 heterocycles. The molecule has 10 nitrogen and oxygen atoms in total. The van der Waals surface area contributed by atoms with Crippen LogP contribution in [0.5, 0.6) is 11.6 Å². The lowest BCUT2D eigenvalue weighted by molar-refractivity contribution is 0.0342. The minimum absolute atomic E-state index is 0.0460. The average Bonchev–Trinajstić information content (AvgIpc) is 3.51. The first kappa shape index (κ1) is 35.2. The number of carbonyl (C=O) groups is 1. The predicted octanol–water partition coefficient (Wildman–Crippen LogP) is 6.37. The minimum Gasteiger partial charge on any atom is -0.482 e. The number of urea groups is 1. The van der Waals surface area contributed by atoms with Crippen LogP contribution in [0.4, 0.5) is 4.79 Å². The topological polar surface area (TPSA) is 104 Å². The summed E-state index contributed by atoms with van der Waals surface area (Å²) in [5.41, 5.74) is 6.47. The van der Waals surface area contributed by atoms with Gasteiger partial charge in [0.05, 0.1) is 31.9 Å². The van der Waals surface area contributed by atoms with Crippen LogP contribution < -0.4 is 9.47 Å². The molecular formula is C43H40N6O4. The SMILES string of the molecule is N#CCN1C(=O)N(Cc2ncnc(OCc3ccccc3)c2OCc2ccccc2)CC1c1ccc(C#Cc2ccc(CN3CCOCC3)cc2)cc1. The molecule has 4 aromatic carbocycles. The van der Waals surface area contributed by atoms with Gasteiger partial charge in [-0.1, -0.05) is 96.8 Å². The van der Waals surface area contributed by atoms with Crippen molar-refractivity contribution >= 4 is 6.03 Å². The highest BCUT2D eigenvalue weighted by Crippen LogP contribution is 2.34. The van der Waals surface area contributed by atoms with Gasteiger partial charge < -0.3 is 24.0 Å². The first-order chi connectivity index (χ1) is 26.1. The number of ether oxygens (including phenoxy) is 3. The third-order valence-corrected chi connectivity index (χ3v) is 9.27. The van der Waals surface area contributed by atoms with E-state index in [4.69, 9.17) is 14.2 Å². The van der Waals surface area contributed by atoms with E-state index in [1.54, 1.807) is 9.80 Å². The Hall–Kier alpha value is -6.20. The second-order valence-corrected chi connectivity index (χ2v) is 12.9. The predicted molar refractivity (Wildman–Crippen MR) is 199 cm³/mol. The van der Waals surface area contributed by atoms with Crippen molar-refractivity contribution in [1.29, 1.82) is 5.26 Å². The highest BCUT2D eigenvalue weighted by atomic mass is 16.5. The molecule has 10 heteroatoms. The summed E-state index contributed by atoms with van der Waals surface area (Å²) in [6, 6.07) is 37.5. The van der Waals surface area contributed by atoms with Crippen LogP contribution in [0.2, 0.25) is 0 Å². The van der Waals surface area contributed by atoms with Crippen molar-refractivity contribution in [3.63, 3.8) is 0 Å². The summed E-state index contributed by atoms with van der Waals surface area (Å²) in [5, 5.41) is 9.67. The summed E-state index contributed by atoms with van der Waals surface area (Å²) in [4.78, 5) is 28.4. The molecule has 2 saturated heterocycles. The van der Waals surface area contributed by atoms with E-state index in [0.717, 1.165) is 60.7 Å².